The van der Waals surface area contributed by atoms with Crippen LogP contribution >= 0.6 is 0 Å². The van der Waals surface area contributed by atoms with Gasteiger partial charge in [0.05, 0.1) is 16.6 Å². The predicted molar refractivity (Wildman–Crippen MR) is 151 cm³/mol. The van der Waals surface area contributed by atoms with Gasteiger partial charge in [-0.25, -0.2) is 0 Å². The van der Waals surface area contributed by atoms with E-state index in [4.69, 9.17) is 9.26 Å². The molecule has 3 aliphatic carbocycles. The highest BCUT2D eigenvalue weighted by Crippen LogP contribution is 2.66. The van der Waals surface area contributed by atoms with Crippen molar-refractivity contribution in [3.8, 4) is 22.9 Å². The summed E-state index contributed by atoms with van der Waals surface area (Å²) in [6.07, 6.45) is 2.49. The third-order valence-electron chi connectivity index (χ3n) is 10.2. The zero-order valence-electron chi connectivity index (χ0n) is 23.6. The molecule has 2 aliphatic heterocycles. The molecule has 1 saturated heterocycles. The first-order valence-corrected chi connectivity index (χ1v) is 14.7. The highest BCUT2D eigenvalue weighted by molar-refractivity contribution is 5.95. The molecule has 10 nitrogen and oxygen atoms in total. The van der Waals surface area contributed by atoms with E-state index >= 15 is 0 Å². The van der Waals surface area contributed by atoms with E-state index in [1.165, 1.54) is 12.8 Å². The minimum atomic E-state index is -1.38. The van der Waals surface area contributed by atoms with Crippen LogP contribution in [0.25, 0.3) is 11.4 Å². The van der Waals surface area contributed by atoms with Crippen molar-refractivity contribution in [3.63, 3.8) is 0 Å². The van der Waals surface area contributed by atoms with Crippen LogP contribution in [-0.4, -0.2) is 67.1 Å². The molecule has 1 saturated carbocycles. The van der Waals surface area contributed by atoms with Crippen molar-refractivity contribution >= 4 is 5.91 Å². The lowest BCUT2D eigenvalue weighted by Crippen LogP contribution is -2.76. The van der Waals surface area contributed by atoms with Gasteiger partial charge in [0.1, 0.15) is 11.3 Å². The summed E-state index contributed by atoms with van der Waals surface area (Å²) in [5.41, 5.74) is -0.757. The minimum absolute atomic E-state index is 0.0238. The number of hydrogen-bond donors (Lipinski definition) is 4. The number of hydrogen-bond acceptors (Lipinski definition) is 9. The first-order chi connectivity index (χ1) is 20.1. The van der Waals surface area contributed by atoms with Gasteiger partial charge in [-0.3, -0.25) is 9.69 Å². The number of aromatic nitrogens is 2. The topological polar surface area (TPSA) is 141 Å². The Morgan fingerprint density at radius 2 is 1.95 bits per heavy atom. The number of aliphatic hydroxyl groups is 2. The number of phenolic OH excluding ortho intramolecular Hbond substituents is 1. The Kier molecular flexibility index (Phi) is 5.27. The van der Waals surface area contributed by atoms with Crippen molar-refractivity contribution < 1.29 is 29.4 Å². The van der Waals surface area contributed by atoms with Gasteiger partial charge in [-0.2, -0.15) is 4.98 Å². The third-order valence-corrected chi connectivity index (χ3v) is 10.2. The third kappa shape index (κ3) is 3.42. The number of nitrogens with zero attached hydrogens (tertiary/aromatic N) is 3. The number of phenols is 1. The molecule has 5 aliphatic rings. The maximum Gasteiger partial charge on any atom is 0.252 e. The van der Waals surface area contributed by atoms with Crippen molar-refractivity contribution in [1.82, 2.24) is 20.4 Å². The Balaban J connectivity index is 1.17. The summed E-state index contributed by atoms with van der Waals surface area (Å²) in [4.78, 5) is 20.9. The highest BCUT2D eigenvalue weighted by Gasteiger charge is 2.73. The van der Waals surface area contributed by atoms with Gasteiger partial charge in [0, 0.05) is 30.1 Å². The quantitative estimate of drug-likeness (QED) is 0.351. The van der Waals surface area contributed by atoms with Gasteiger partial charge in [0.25, 0.3) is 11.8 Å². The summed E-state index contributed by atoms with van der Waals surface area (Å²) in [6, 6.07) is 12.7. The molecule has 1 spiro atoms. The lowest BCUT2D eigenvalue weighted by molar-refractivity contribution is -0.172. The largest absolute Gasteiger partial charge is 0.508 e. The highest BCUT2D eigenvalue weighted by atomic mass is 16.5. The van der Waals surface area contributed by atoms with E-state index in [9.17, 15) is 20.1 Å². The monoisotopic (exact) mass is 570 g/mol. The number of amides is 1. The maximum atomic E-state index is 14.0. The zero-order valence-corrected chi connectivity index (χ0v) is 23.6. The Morgan fingerprint density at radius 1 is 1.17 bits per heavy atom. The Morgan fingerprint density at radius 3 is 2.71 bits per heavy atom. The van der Waals surface area contributed by atoms with Crippen LogP contribution in [0, 0.1) is 5.92 Å². The summed E-state index contributed by atoms with van der Waals surface area (Å²) in [5, 5.41) is 42.4. The normalized spacial score (nSPS) is 29.7. The molecular weight excluding hydrogens is 536 g/mol. The van der Waals surface area contributed by atoms with Gasteiger partial charge in [0.2, 0.25) is 5.82 Å². The fraction of sp³-hybridized carbons (Fsp3) is 0.469. The van der Waals surface area contributed by atoms with Gasteiger partial charge in [-0.05, 0) is 63.6 Å². The van der Waals surface area contributed by atoms with Gasteiger partial charge >= 0.3 is 0 Å². The van der Waals surface area contributed by atoms with Crippen LogP contribution in [0.5, 0.6) is 11.5 Å². The Bertz CT molecular complexity index is 1650. The number of benzene rings is 2. The van der Waals surface area contributed by atoms with E-state index in [-0.39, 0.29) is 35.4 Å². The average Bonchev–Trinajstić information content (AvgIpc) is 3.48. The number of rotatable bonds is 6. The number of carbonyl (C=O) groups is 1. The van der Waals surface area contributed by atoms with E-state index in [1.807, 2.05) is 36.4 Å². The fourth-order valence-electron chi connectivity index (χ4n) is 7.96. The molecule has 1 aromatic heterocycles. The summed E-state index contributed by atoms with van der Waals surface area (Å²) >= 11 is 0. The number of ether oxygens (including phenoxy) is 1. The van der Waals surface area contributed by atoms with Gasteiger partial charge < -0.3 is 29.9 Å². The fourth-order valence-corrected chi connectivity index (χ4v) is 7.96. The lowest BCUT2D eigenvalue weighted by Gasteiger charge is -2.62. The molecule has 1 amide bonds. The average molecular weight is 571 g/mol. The first-order valence-electron chi connectivity index (χ1n) is 14.7. The van der Waals surface area contributed by atoms with Crippen LogP contribution in [0.4, 0.5) is 0 Å². The van der Waals surface area contributed by atoms with Crippen molar-refractivity contribution in [2.45, 2.75) is 74.7 Å². The van der Waals surface area contributed by atoms with Crippen LogP contribution in [0.15, 0.2) is 58.3 Å². The molecule has 8 rings (SSSR count). The number of carbonyl (C=O) groups excluding carboxylic acids is 1. The minimum Gasteiger partial charge on any atom is -0.508 e. The molecule has 4 atom stereocenters. The summed E-state index contributed by atoms with van der Waals surface area (Å²) in [7, 11) is 0. The van der Waals surface area contributed by atoms with E-state index in [1.54, 1.807) is 19.9 Å². The van der Waals surface area contributed by atoms with E-state index < -0.39 is 28.6 Å². The first kappa shape index (κ1) is 25.8. The maximum absolute atomic E-state index is 14.0. The molecule has 4 N–H and O–H groups in total. The summed E-state index contributed by atoms with van der Waals surface area (Å²) in [5.74, 6) is 0.777. The number of aromatic hydroxyl groups is 1. The molecule has 42 heavy (non-hydrogen) atoms. The number of piperidine rings is 1. The summed E-state index contributed by atoms with van der Waals surface area (Å²) < 4.78 is 11.9. The molecular formula is C32H34N4O6. The predicted octanol–water partition coefficient (Wildman–Crippen LogP) is 3.48. The molecule has 3 heterocycles. The number of aliphatic hydroxyl groups excluding tert-OH is 1. The molecule has 3 aromatic rings. The molecule has 1 unspecified atom stereocenters. The SMILES string of the molecule is CC(C)(NC(=O)C1=C(O)[C@@H]2Oc3c(O)ccc4c3C23CCN(CC2CC2)[C@H](C4)[C@]3(O)C1)c1nc(-c2ccccc2)no1. The zero-order chi connectivity index (χ0) is 29.0. The Hall–Kier alpha value is -3.89. The summed E-state index contributed by atoms with van der Waals surface area (Å²) in [6.45, 7) is 5.16. The van der Waals surface area contributed by atoms with Crippen molar-refractivity contribution in [3.05, 3.63) is 70.8 Å². The van der Waals surface area contributed by atoms with Gasteiger partial charge in [0.15, 0.2) is 17.6 Å². The molecule has 2 aromatic carbocycles. The van der Waals surface area contributed by atoms with Gasteiger partial charge in [-0.1, -0.05) is 41.6 Å². The number of nitrogens with one attached hydrogen (secondary N) is 1. The van der Waals surface area contributed by atoms with Crippen molar-refractivity contribution in [2.75, 3.05) is 13.1 Å². The smallest absolute Gasteiger partial charge is 0.252 e. The second kappa shape index (κ2) is 8.58. The van der Waals surface area contributed by atoms with Crippen molar-refractivity contribution in [2.24, 2.45) is 5.92 Å². The molecule has 2 bridgehead atoms. The second-order valence-corrected chi connectivity index (χ2v) is 13.2. The molecule has 0 radical (unpaired) electrons. The van der Waals surface area contributed by atoms with Crippen molar-refractivity contribution in [1.29, 1.82) is 0 Å². The van der Waals surface area contributed by atoms with Crippen LogP contribution in [0.3, 0.4) is 0 Å². The molecule has 218 valence electrons. The second-order valence-electron chi connectivity index (χ2n) is 13.2. The van der Waals surface area contributed by atoms with Crippen LogP contribution in [0.1, 0.15) is 56.5 Å². The van der Waals surface area contributed by atoms with Crippen LogP contribution in [-0.2, 0) is 22.2 Å². The molecule has 2 fully saturated rings. The van der Waals surface area contributed by atoms with Gasteiger partial charge in [-0.15, -0.1) is 0 Å². The van der Waals surface area contributed by atoms with Crippen LogP contribution < -0.4 is 10.1 Å². The number of likely N-dealkylation sites (tertiary alicyclic amines) is 1. The molecule has 10 heteroatoms. The van der Waals surface area contributed by atoms with E-state index in [0.29, 0.717) is 30.3 Å². The van der Waals surface area contributed by atoms with E-state index in [2.05, 4.69) is 20.4 Å². The van der Waals surface area contributed by atoms with E-state index in [0.717, 1.165) is 29.8 Å². The standard InChI is InChI=1S/C32H34N4O6/c1-30(2,29-33-27(35-42-29)18-6-4-3-5-7-18)34-28(39)20-15-32(40)22-14-19-10-11-21(37)25-23(19)31(32,26(41-25)24(20)38)12-13-36(22)16-17-8-9-17/h3-7,10-11,17,22,26,37-38,40H,8-9,12-16H2,1-2H3,(H,34,39)/t22-,26+,31?,32-/m1/s1. The Labute approximate surface area is 243 Å². The lowest BCUT2D eigenvalue weighted by atomic mass is 9.49. The van der Waals surface area contributed by atoms with Crippen LogP contribution in [0.2, 0.25) is 0 Å².